The summed E-state index contributed by atoms with van der Waals surface area (Å²) < 4.78 is 6.57. The van der Waals surface area contributed by atoms with Crippen molar-refractivity contribution in [2.75, 3.05) is 6.54 Å². The van der Waals surface area contributed by atoms with E-state index in [4.69, 9.17) is 9.96 Å². The third-order valence-electron chi connectivity index (χ3n) is 5.54. The molecule has 0 saturated heterocycles. The van der Waals surface area contributed by atoms with Crippen LogP contribution in [0.4, 0.5) is 0 Å². The lowest BCUT2D eigenvalue weighted by atomic mass is 9.49. The van der Waals surface area contributed by atoms with Crippen LogP contribution in [-0.2, 0) is 9.22 Å². The van der Waals surface area contributed by atoms with Crippen molar-refractivity contribution in [3.63, 3.8) is 0 Å². The van der Waals surface area contributed by atoms with Gasteiger partial charge in [0.25, 0.3) is 0 Å². The molecule has 6 heteroatoms. The topological polar surface area (TPSA) is 75.1 Å². The molecule has 0 spiro atoms. The van der Waals surface area contributed by atoms with Gasteiger partial charge in [-0.2, -0.15) is 0 Å². The Bertz CT molecular complexity index is 466. The van der Waals surface area contributed by atoms with Crippen molar-refractivity contribution in [2.24, 2.45) is 28.8 Å². The molecule has 21 heavy (non-hydrogen) atoms. The molecule has 0 unspecified atom stereocenters. The van der Waals surface area contributed by atoms with E-state index >= 15 is 0 Å². The molecule has 0 amide bonds. The number of rotatable bonds is 5. The summed E-state index contributed by atoms with van der Waals surface area (Å²) in [6.45, 7) is 6.41. The van der Waals surface area contributed by atoms with Gasteiger partial charge in [0.1, 0.15) is 5.60 Å². The quantitative estimate of drug-likeness (QED) is 0.334. The second-order valence-electron chi connectivity index (χ2n) is 8.12. The summed E-state index contributed by atoms with van der Waals surface area (Å²) in [4.78, 5) is 15.7. The number of hydrogen-bond donors (Lipinski definition) is 0. The number of carbonyl (C=O) groups is 1. The third kappa shape index (κ3) is 2.54. The fourth-order valence-electron chi connectivity index (χ4n) is 5.29. The highest BCUT2D eigenvalue weighted by atomic mass is 28.4. The monoisotopic (exact) mass is 307 g/mol. The zero-order valence-electron chi connectivity index (χ0n) is 13.2. The molecule has 0 aliphatic heterocycles. The molecule has 4 aliphatic carbocycles. The maximum absolute atomic E-state index is 12.9. The molecular weight excluding hydrogens is 282 g/mol. The molecule has 4 fully saturated rings. The number of ketones is 1. The van der Waals surface area contributed by atoms with Gasteiger partial charge in [-0.1, -0.05) is 5.11 Å². The predicted molar refractivity (Wildman–Crippen MR) is 83.2 cm³/mol. The number of hydrogen-bond acceptors (Lipinski definition) is 3. The lowest BCUT2D eigenvalue weighted by Gasteiger charge is -2.61. The minimum Gasteiger partial charge on any atom is -0.405 e. The highest BCUT2D eigenvalue weighted by Crippen LogP contribution is 2.60. The molecule has 0 aromatic carbocycles. The summed E-state index contributed by atoms with van der Waals surface area (Å²) in [6.07, 6.45) is 5.85. The van der Waals surface area contributed by atoms with Crippen molar-refractivity contribution in [1.82, 2.24) is 0 Å². The predicted octanol–water partition coefficient (Wildman–Crippen LogP) is 3.91. The fraction of sp³-hybridized carbons (Fsp3) is 0.933. The van der Waals surface area contributed by atoms with Crippen LogP contribution in [0, 0.1) is 23.7 Å². The van der Waals surface area contributed by atoms with E-state index in [1.165, 1.54) is 6.42 Å². The van der Waals surface area contributed by atoms with E-state index in [2.05, 4.69) is 29.7 Å². The molecule has 4 rings (SSSR count). The average Bonchev–Trinajstić information content (AvgIpc) is 2.38. The summed E-state index contributed by atoms with van der Waals surface area (Å²) in [5.41, 5.74) is 7.91. The smallest absolute Gasteiger partial charge is 0.185 e. The first-order valence-electron chi connectivity index (χ1n) is 8.09. The van der Waals surface area contributed by atoms with Gasteiger partial charge >= 0.3 is 0 Å². The van der Waals surface area contributed by atoms with Crippen LogP contribution in [0.3, 0.4) is 0 Å². The first-order chi connectivity index (χ1) is 9.85. The van der Waals surface area contributed by atoms with E-state index in [0.717, 1.165) is 37.5 Å². The Morgan fingerprint density at radius 2 is 1.71 bits per heavy atom. The fourth-order valence-corrected chi connectivity index (χ4v) is 6.75. The Morgan fingerprint density at radius 1 is 1.19 bits per heavy atom. The Balaban J connectivity index is 1.96. The second kappa shape index (κ2) is 5.11. The van der Waals surface area contributed by atoms with Crippen molar-refractivity contribution < 1.29 is 9.22 Å². The van der Waals surface area contributed by atoms with E-state index in [1.807, 2.05) is 0 Å². The van der Waals surface area contributed by atoms with Gasteiger partial charge in [-0.3, -0.25) is 4.79 Å². The van der Waals surface area contributed by atoms with E-state index in [0.29, 0.717) is 11.8 Å². The lowest BCUT2D eigenvalue weighted by Crippen LogP contribution is -2.66. The van der Waals surface area contributed by atoms with Crippen molar-refractivity contribution in [1.29, 1.82) is 0 Å². The van der Waals surface area contributed by atoms with Gasteiger partial charge in [0.15, 0.2) is 14.1 Å². The Kier molecular flexibility index (Phi) is 3.67. The molecule has 4 saturated carbocycles. The highest BCUT2D eigenvalue weighted by molar-refractivity contribution is 6.70. The first-order valence-corrected chi connectivity index (χ1v) is 11.5. The van der Waals surface area contributed by atoms with Crippen molar-refractivity contribution >= 4 is 14.1 Å². The lowest BCUT2D eigenvalue weighted by molar-refractivity contribution is -0.178. The van der Waals surface area contributed by atoms with E-state index in [-0.39, 0.29) is 12.3 Å². The normalized spacial score (nSPS) is 40.9. The standard InChI is InChI=1S/C15H25N3O2Si/c1-21(2,3)20-15(14(19)9-17-18-16)12-5-10-4-11(7-12)8-13(15)6-10/h10-13H,4-9H2,1-3H3. The van der Waals surface area contributed by atoms with Gasteiger partial charge in [-0.05, 0) is 80.9 Å². The Labute approximate surface area is 127 Å². The van der Waals surface area contributed by atoms with Crippen LogP contribution >= 0.6 is 0 Å². The van der Waals surface area contributed by atoms with Crippen molar-refractivity contribution in [3.8, 4) is 0 Å². The summed E-state index contributed by atoms with van der Waals surface area (Å²) in [6, 6.07) is 0. The van der Waals surface area contributed by atoms with E-state index in [9.17, 15) is 4.79 Å². The number of carbonyl (C=O) groups excluding carboxylic acids is 1. The molecule has 4 aliphatic rings. The Hall–Kier alpha value is -0.843. The molecule has 4 bridgehead atoms. The third-order valence-corrected chi connectivity index (χ3v) is 6.49. The summed E-state index contributed by atoms with van der Waals surface area (Å²) in [7, 11) is -1.85. The molecule has 0 aromatic heterocycles. The summed E-state index contributed by atoms with van der Waals surface area (Å²) in [5.74, 6) is 2.32. The molecular formula is C15H25N3O2Si. The SMILES string of the molecule is C[Si](C)(C)OC1(C(=O)CN=[N+]=[N-])C2CC3CC(C2)CC1C3. The largest absolute Gasteiger partial charge is 0.405 e. The van der Waals surface area contributed by atoms with Gasteiger partial charge in [-0.25, -0.2) is 0 Å². The van der Waals surface area contributed by atoms with Crippen LogP contribution < -0.4 is 0 Å². The molecule has 116 valence electrons. The van der Waals surface area contributed by atoms with Gasteiger partial charge < -0.3 is 4.43 Å². The molecule has 0 atom stereocenters. The average molecular weight is 307 g/mol. The summed E-state index contributed by atoms with van der Waals surface area (Å²) in [5, 5.41) is 3.55. The van der Waals surface area contributed by atoms with Crippen LogP contribution in [0.1, 0.15) is 32.1 Å². The molecule has 0 radical (unpaired) electrons. The number of nitrogens with zero attached hydrogens (tertiary/aromatic N) is 3. The zero-order valence-corrected chi connectivity index (χ0v) is 14.2. The number of Topliss-reactive ketones (excluding diaryl/α,β-unsaturated/α-hetero) is 1. The molecule has 0 heterocycles. The zero-order chi connectivity index (χ0) is 15.3. The Morgan fingerprint density at radius 3 is 2.14 bits per heavy atom. The van der Waals surface area contributed by atoms with Crippen LogP contribution in [-0.4, -0.2) is 26.2 Å². The van der Waals surface area contributed by atoms with Gasteiger partial charge in [0.05, 0.1) is 6.54 Å². The van der Waals surface area contributed by atoms with Crippen LogP contribution in [0.2, 0.25) is 19.6 Å². The van der Waals surface area contributed by atoms with E-state index in [1.54, 1.807) is 0 Å². The van der Waals surface area contributed by atoms with E-state index < -0.39 is 13.9 Å². The van der Waals surface area contributed by atoms with Crippen molar-refractivity contribution in [3.05, 3.63) is 10.4 Å². The van der Waals surface area contributed by atoms with Crippen molar-refractivity contribution in [2.45, 2.75) is 57.3 Å². The van der Waals surface area contributed by atoms with Gasteiger partial charge in [0.2, 0.25) is 0 Å². The molecule has 0 N–H and O–H groups in total. The first kappa shape index (κ1) is 15.1. The highest BCUT2D eigenvalue weighted by Gasteiger charge is 2.62. The minimum absolute atomic E-state index is 0.0384. The molecule has 0 aromatic rings. The van der Waals surface area contributed by atoms with Gasteiger partial charge in [0, 0.05) is 4.91 Å². The van der Waals surface area contributed by atoms with Crippen LogP contribution in [0.5, 0.6) is 0 Å². The maximum atomic E-state index is 12.9. The second-order valence-corrected chi connectivity index (χ2v) is 12.6. The van der Waals surface area contributed by atoms with Crippen LogP contribution in [0.25, 0.3) is 10.4 Å². The summed E-state index contributed by atoms with van der Waals surface area (Å²) >= 11 is 0. The minimum atomic E-state index is -1.85. The number of azide groups is 1. The molecule has 5 nitrogen and oxygen atoms in total. The van der Waals surface area contributed by atoms with Crippen LogP contribution in [0.15, 0.2) is 5.11 Å². The maximum Gasteiger partial charge on any atom is 0.185 e. The van der Waals surface area contributed by atoms with Gasteiger partial charge in [-0.15, -0.1) is 0 Å².